The van der Waals surface area contributed by atoms with Crippen LogP contribution in [-0.4, -0.2) is 56.1 Å². The summed E-state index contributed by atoms with van der Waals surface area (Å²) in [7, 11) is -3.87. The average molecular weight is 353 g/mol. The molecule has 1 amide bonds. The van der Waals surface area contributed by atoms with Crippen LogP contribution in [0.3, 0.4) is 0 Å². The Morgan fingerprint density at radius 3 is 2.79 bits per heavy atom. The molecule has 1 aliphatic heterocycles. The van der Waals surface area contributed by atoms with Crippen LogP contribution in [0.4, 0.5) is 0 Å². The Morgan fingerprint density at radius 2 is 2.17 bits per heavy atom. The summed E-state index contributed by atoms with van der Waals surface area (Å²) in [5.41, 5.74) is 1.51. The molecule has 130 valence electrons. The number of hydroxylamine groups is 1. The van der Waals surface area contributed by atoms with Crippen LogP contribution in [0.2, 0.25) is 0 Å². The van der Waals surface area contributed by atoms with Crippen molar-refractivity contribution in [1.82, 2.24) is 15.1 Å². The van der Waals surface area contributed by atoms with E-state index in [1.807, 2.05) is 0 Å². The van der Waals surface area contributed by atoms with E-state index in [2.05, 4.69) is 17.2 Å². The fraction of sp³-hybridized carbons (Fsp3) is 0.400. The summed E-state index contributed by atoms with van der Waals surface area (Å²) in [5.74, 6) is 5.17. The number of nitrogens with zero attached hydrogens (tertiary/aromatic N) is 1. The highest BCUT2D eigenvalue weighted by Gasteiger charge is 2.37. The van der Waals surface area contributed by atoms with Crippen LogP contribution < -0.4 is 15.5 Å². The Labute approximate surface area is 140 Å². The molecule has 9 heteroatoms. The summed E-state index contributed by atoms with van der Waals surface area (Å²) < 4.78 is 32.0. The molecule has 0 bridgehead atoms. The van der Waals surface area contributed by atoms with E-state index in [0.29, 0.717) is 12.3 Å². The van der Waals surface area contributed by atoms with Crippen LogP contribution in [0.25, 0.3) is 0 Å². The number of hydrogen-bond donors (Lipinski definition) is 3. The van der Waals surface area contributed by atoms with E-state index in [1.165, 1.54) is 29.7 Å². The lowest BCUT2D eigenvalue weighted by molar-refractivity contribution is -0.133. The van der Waals surface area contributed by atoms with Gasteiger partial charge in [0.2, 0.25) is 10.0 Å². The van der Waals surface area contributed by atoms with Gasteiger partial charge in [0, 0.05) is 19.6 Å². The molecule has 0 saturated carbocycles. The van der Waals surface area contributed by atoms with Crippen LogP contribution >= 0.6 is 0 Å². The lowest BCUT2D eigenvalue weighted by atomic mass is 10.2. The second-order valence-electron chi connectivity index (χ2n) is 5.00. The minimum atomic E-state index is -3.87. The number of piperazine rings is 1. The molecule has 2 rings (SSSR count). The second kappa shape index (κ2) is 8.12. The number of hydrogen-bond acceptors (Lipinski definition) is 6. The number of carbonyl (C=O) groups is 1. The van der Waals surface area contributed by atoms with Crippen molar-refractivity contribution < 1.29 is 23.2 Å². The molecule has 1 aliphatic rings. The van der Waals surface area contributed by atoms with Crippen molar-refractivity contribution in [3.05, 3.63) is 24.3 Å². The highest BCUT2D eigenvalue weighted by molar-refractivity contribution is 7.89. The van der Waals surface area contributed by atoms with E-state index in [9.17, 15) is 13.2 Å². The van der Waals surface area contributed by atoms with E-state index >= 15 is 0 Å². The van der Waals surface area contributed by atoms with Gasteiger partial charge < -0.3 is 10.1 Å². The van der Waals surface area contributed by atoms with Gasteiger partial charge in [0.15, 0.2) is 0 Å². The van der Waals surface area contributed by atoms with Crippen molar-refractivity contribution in [3.8, 4) is 17.6 Å². The van der Waals surface area contributed by atoms with Crippen molar-refractivity contribution in [1.29, 1.82) is 0 Å². The Morgan fingerprint density at radius 1 is 1.46 bits per heavy atom. The summed E-state index contributed by atoms with van der Waals surface area (Å²) >= 11 is 0. The summed E-state index contributed by atoms with van der Waals surface area (Å²) in [6.45, 7) is 2.60. The Kier molecular flexibility index (Phi) is 6.16. The van der Waals surface area contributed by atoms with Crippen LogP contribution in [0.5, 0.6) is 5.75 Å². The van der Waals surface area contributed by atoms with Crippen LogP contribution in [0, 0.1) is 11.8 Å². The maximum absolute atomic E-state index is 12.8. The molecular weight excluding hydrogens is 334 g/mol. The molecule has 1 heterocycles. The van der Waals surface area contributed by atoms with Gasteiger partial charge in [-0.15, -0.1) is 5.92 Å². The zero-order valence-corrected chi connectivity index (χ0v) is 14.0. The maximum Gasteiger partial charge on any atom is 0.263 e. The van der Waals surface area contributed by atoms with Gasteiger partial charge in [0.25, 0.3) is 5.91 Å². The van der Waals surface area contributed by atoms with Crippen molar-refractivity contribution >= 4 is 15.9 Å². The van der Waals surface area contributed by atoms with Crippen LogP contribution in [-0.2, 0) is 14.8 Å². The molecule has 0 spiro atoms. The SMILES string of the molecule is CC#CCOc1ccc(S(=O)(=O)N2CCNCC2C(=O)NO)cc1. The number of rotatable bonds is 5. The number of sulfonamides is 1. The number of benzene rings is 1. The van der Waals surface area contributed by atoms with Crippen molar-refractivity contribution in [2.24, 2.45) is 0 Å². The zero-order chi connectivity index (χ0) is 17.6. The molecule has 1 saturated heterocycles. The van der Waals surface area contributed by atoms with Crippen molar-refractivity contribution in [2.45, 2.75) is 17.9 Å². The van der Waals surface area contributed by atoms with Gasteiger partial charge >= 0.3 is 0 Å². The molecule has 8 nitrogen and oxygen atoms in total. The fourth-order valence-corrected chi connectivity index (χ4v) is 3.89. The lowest BCUT2D eigenvalue weighted by Crippen LogP contribution is -2.59. The molecule has 1 unspecified atom stereocenters. The normalized spacial score (nSPS) is 18.3. The molecule has 1 fully saturated rings. The van der Waals surface area contributed by atoms with Crippen molar-refractivity contribution in [3.63, 3.8) is 0 Å². The van der Waals surface area contributed by atoms with E-state index in [1.54, 1.807) is 6.92 Å². The highest BCUT2D eigenvalue weighted by atomic mass is 32.2. The molecular formula is C15H19N3O5S. The molecule has 1 aromatic rings. The molecule has 1 aromatic carbocycles. The molecule has 0 aromatic heterocycles. The number of nitrogens with one attached hydrogen (secondary N) is 2. The molecule has 0 radical (unpaired) electrons. The first kappa shape index (κ1) is 18.2. The Bertz CT molecular complexity index is 737. The van der Waals surface area contributed by atoms with Crippen molar-refractivity contribution in [2.75, 3.05) is 26.2 Å². The molecule has 24 heavy (non-hydrogen) atoms. The topological polar surface area (TPSA) is 108 Å². The van der Waals surface area contributed by atoms with Gasteiger partial charge in [0.1, 0.15) is 18.4 Å². The molecule has 0 aliphatic carbocycles. The first-order valence-corrected chi connectivity index (χ1v) is 8.73. The predicted octanol–water partition coefficient (Wildman–Crippen LogP) is -0.443. The monoisotopic (exact) mass is 353 g/mol. The quantitative estimate of drug-likeness (QED) is 0.376. The van der Waals surface area contributed by atoms with Gasteiger partial charge in [-0.05, 0) is 31.2 Å². The van der Waals surface area contributed by atoms with E-state index in [0.717, 1.165) is 4.31 Å². The van der Waals surface area contributed by atoms with Gasteiger partial charge in [-0.2, -0.15) is 4.31 Å². The highest BCUT2D eigenvalue weighted by Crippen LogP contribution is 2.22. The maximum atomic E-state index is 12.8. The molecule has 3 N–H and O–H groups in total. The minimum Gasteiger partial charge on any atom is -0.481 e. The lowest BCUT2D eigenvalue weighted by Gasteiger charge is -2.33. The standard InChI is InChI=1S/C15H19N3O5S/c1-2-3-10-23-12-4-6-13(7-5-12)24(21,22)18-9-8-16-11-14(18)15(19)17-20/h4-7,14,16,20H,8-11H2,1H3,(H,17,19). The minimum absolute atomic E-state index is 0.0501. The van der Waals surface area contributed by atoms with Gasteiger partial charge in [0.05, 0.1) is 4.90 Å². The number of carbonyl (C=O) groups excluding carboxylic acids is 1. The third kappa shape index (κ3) is 4.04. The van der Waals surface area contributed by atoms with E-state index in [4.69, 9.17) is 9.94 Å². The molecule has 1 atom stereocenters. The summed E-state index contributed by atoms with van der Waals surface area (Å²) in [6.07, 6.45) is 0. The van der Waals surface area contributed by atoms with E-state index in [-0.39, 0.29) is 24.6 Å². The largest absolute Gasteiger partial charge is 0.481 e. The van der Waals surface area contributed by atoms with Gasteiger partial charge in [-0.25, -0.2) is 13.9 Å². The van der Waals surface area contributed by atoms with E-state index < -0.39 is 22.0 Å². The Balaban J connectivity index is 2.21. The third-order valence-electron chi connectivity index (χ3n) is 3.53. The zero-order valence-electron chi connectivity index (χ0n) is 13.2. The number of ether oxygens (including phenoxy) is 1. The smallest absolute Gasteiger partial charge is 0.263 e. The predicted molar refractivity (Wildman–Crippen MR) is 85.9 cm³/mol. The third-order valence-corrected chi connectivity index (χ3v) is 5.45. The average Bonchev–Trinajstić information content (AvgIpc) is 2.61. The van der Waals surface area contributed by atoms with Crippen LogP contribution in [0.15, 0.2) is 29.2 Å². The summed E-state index contributed by atoms with van der Waals surface area (Å²) in [4.78, 5) is 11.8. The van der Waals surface area contributed by atoms with Gasteiger partial charge in [-0.3, -0.25) is 10.0 Å². The first-order chi connectivity index (χ1) is 11.5. The van der Waals surface area contributed by atoms with Crippen LogP contribution in [0.1, 0.15) is 6.92 Å². The summed E-state index contributed by atoms with van der Waals surface area (Å²) in [6, 6.07) is 4.89. The Hall–Kier alpha value is -2.12. The summed E-state index contributed by atoms with van der Waals surface area (Å²) in [5, 5.41) is 11.7. The van der Waals surface area contributed by atoms with Gasteiger partial charge in [-0.1, -0.05) is 5.92 Å². The fourth-order valence-electron chi connectivity index (χ4n) is 2.31. The second-order valence-corrected chi connectivity index (χ2v) is 6.89. The first-order valence-electron chi connectivity index (χ1n) is 7.29. The number of amides is 1.